The molecule has 2 aromatic rings. The van der Waals surface area contributed by atoms with Crippen molar-refractivity contribution in [2.75, 3.05) is 12.3 Å². The zero-order valence-corrected chi connectivity index (χ0v) is 13.2. The second-order valence-corrected chi connectivity index (χ2v) is 5.13. The van der Waals surface area contributed by atoms with Crippen molar-refractivity contribution in [3.8, 4) is 29.0 Å². The van der Waals surface area contributed by atoms with Crippen LogP contribution < -0.4 is 16.0 Å². The molecule has 0 aliphatic rings. The number of aromatic nitrogens is 1. The maximum atomic E-state index is 13.1. The molecule has 3 N–H and O–H groups in total. The molecule has 1 aromatic heterocycles. The van der Waals surface area contributed by atoms with E-state index >= 15 is 0 Å². The number of hydrogen-bond donors (Lipinski definition) is 2. The van der Waals surface area contributed by atoms with E-state index in [1.54, 1.807) is 12.1 Å². The monoisotopic (exact) mass is 384 g/mol. The van der Waals surface area contributed by atoms with Gasteiger partial charge >= 0.3 is 6.18 Å². The number of ether oxygens (including phenoxy) is 1. The molecule has 0 unspecified atom stereocenters. The first-order valence-electron chi connectivity index (χ1n) is 7.08. The van der Waals surface area contributed by atoms with E-state index in [9.17, 15) is 37.3 Å². The summed E-state index contributed by atoms with van der Waals surface area (Å²) in [6.07, 6.45) is -7.94. The first kappa shape index (κ1) is 19.7. The molecule has 0 atom stereocenters. The standard InChI is InChI=1S/C16H9F5N4O2/c17-12(18)6-27-11-3-7(1-2-10(11)16(19,20)21)13-8(4-22)14(24)25-15(26)9(13)5-23/h1-3,12H,6H2,(H3,24,25,26). The van der Waals surface area contributed by atoms with E-state index in [4.69, 9.17) is 5.73 Å². The number of nitrogen functional groups attached to an aromatic ring is 1. The quantitative estimate of drug-likeness (QED) is 0.786. The average molecular weight is 384 g/mol. The fourth-order valence-corrected chi connectivity index (χ4v) is 2.32. The zero-order valence-electron chi connectivity index (χ0n) is 13.2. The van der Waals surface area contributed by atoms with Gasteiger partial charge in [0.15, 0.2) is 0 Å². The number of nitrogens with one attached hydrogen (secondary N) is 1. The summed E-state index contributed by atoms with van der Waals surface area (Å²) < 4.78 is 68.5. The third kappa shape index (κ3) is 3.98. The molecule has 0 fully saturated rings. The maximum Gasteiger partial charge on any atom is 0.419 e. The van der Waals surface area contributed by atoms with Crippen LogP contribution in [0.2, 0.25) is 0 Å². The van der Waals surface area contributed by atoms with Gasteiger partial charge in [-0.1, -0.05) is 6.07 Å². The minimum absolute atomic E-state index is 0.196. The smallest absolute Gasteiger partial charge is 0.419 e. The van der Waals surface area contributed by atoms with Crippen molar-refractivity contribution in [3.05, 3.63) is 45.2 Å². The molecule has 0 aliphatic heterocycles. The molecule has 140 valence electrons. The van der Waals surface area contributed by atoms with E-state index in [-0.39, 0.29) is 16.7 Å². The van der Waals surface area contributed by atoms with Crippen LogP contribution >= 0.6 is 0 Å². The number of alkyl halides is 5. The van der Waals surface area contributed by atoms with Crippen molar-refractivity contribution >= 4 is 5.82 Å². The highest BCUT2D eigenvalue weighted by molar-refractivity contribution is 5.81. The van der Waals surface area contributed by atoms with Gasteiger partial charge in [0, 0.05) is 5.56 Å². The molecular formula is C16H9F5N4O2. The molecule has 1 heterocycles. The number of halogens is 5. The van der Waals surface area contributed by atoms with E-state index in [1.165, 1.54) is 0 Å². The van der Waals surface area contributed by atoms with Gasteiger partial charge in [-0.05, 0) is 17.7 Å². The van der Waals surface area contributed by atoms with Gasteiger partial charge < -0.3 is 15.5 Å². The molecule has 1 aromatic carbocycles. The third-order valence-electron chi connectivity index (χ3n) is 3.41. The number of rotatable bonds is 4. The minimum Gasteiger partial charge on any atom is -0.487 e. The number of benzene rings is 1. The van der Waals surface area contributed by atoms with Crippen molar-refractivity contribution in [3.63, 3.8) is 0 Å². The van der Waals surface area contributed by atoms with Crippen LogP contribution in [0.25, 0.3) is 11.1 Å². The van der Waals surface area contributed by atoms with Crippen LogP contribution in [-0.4, -0.2) is 18.0 Å². The predicted molar refractivity (Wildman–Crippen MR) is 82.8 cm³/mol. The maximum absolute atomic E-state index is 13.1. The Bertz CT molecular complexity index is 1020. The lowest BCUT2D eigenvalue weighted by Gasteiger charge is -2.16. The second kappa shape index (κ2) is 7.33. The van der Waals surface area contributed by atoms with Crippen molar-refractivity contribution in [1.82, 2.24) is 4.98 Å². The molecule has 11 heteroatoms. The van der Waals surface area contributed by atoms with Gasteiger partial charge in [0.1, 0.15) is 41.4 Å². The molecule has 0 saturated heterocycles. The average Bonchev–Trinajstić information content (AvgIpc) is 2.58. The van der Waals surface area contributed by atoms with Gasteiger partial charge in [-0.25, -0.2) is 8.78 Å². The van der Waals surface area contributed by atoms with Gasteiger partial charge in [0.25, 0.3) is 12.0 Å². The Morgan fingerprint density at radius 3 is 2.33 bits per heavy atom. The zero-order chi connectivity index (χ0) is 20.4. The summed E-state index contributed by atoms with van der Waals surface area (Å²) in [4.78, 5) is 14.0. The highest BCUT2D eigenvalue weighted by atomic mass is 19.4. The molecule has 6 nitrogen and oxygen atoms in total. The Hall–Kier alpha value is -3.60. The van der Waals surface area contributed by atoms with Crippen LogP contribution in [0, 0.1) is 22.7 Å². The van der Waals surface area contributed by atoms with Crippen molar-refractivity contribution in [2.45, 2.75) is 12.6 Å². The largest absolute Gasteiger partial charge is 0.487 e. The second-order valence-electron chi connectivity index (χ2n) is 5.13. The van der Waals surface area contributed by atoms with Gasteiger partial charge in [0.05, 0.1) is 5.56 Å². The first-order chi connectivity index (χ1) is 12.6. The van der Waals surface area contributed by atoms with Crippen LogP contribution in [0.15, 0.2) is 23.0 Å². The highest BCUT2D eigenvalue weighted by Gasteiger charge is 2.35. The Kier molecular flexibility index (Phi) is 5.36. The molecule has 27 heavy (non-hydrogen) atoms. The molecular weight excluding hydrogens is 375 g/mol. The lowest BCUT2D eigenvalue weighted by atomic mass is 9.95. The normalized spacial score (nSPS) is 11.1. The predicted octanol–water partition coefficient (Wildman–Crippen LogP) is 3.03. The summed E-state index contributed by atoms with van der Waals surface area (Å²) >= 11 is 0. The Morgan fingerprint density at radius 1 is 1.19 bits per heavy atom. The number of nitriles is 2. The van der Waals surface area contributed by atoms with Crippen LogP contribution in [0.3, 0.4) is 0 Å². The van der Waals surface area contributed by atoms with Gasteiger partial charge in [-0.3, -0.25) is 4.79 Å². The van der Waals surface area contributed by atoms with Crippen LogP contribution in [0.1, 0.15) is 16.7 Å². The Balaban J connectivity index is 2.78. The summed E-state index contributed by atoms with van der Waals surface area (Å²) in [6.45, 7) is -1.31. The van der Waals surface area contributed by atoms with E-state index in [0.29, 0.717) is 6.07 Å². The SMILES string of the molecule is N#Cc1c(N)[nH]c(=O)c(C#N)c1-c1ccc(C(F)(F)F)c(OCC(F)F)c1. The number of aromatic amines is 1. The number of nitrogens with two attached hydrogens (primary N) is 1. The van der Waals surface area contributed by atoms with Crippen LogP contribution in [0.5, 0.6) is 5.75 Å². The number of nitrogens with zero attached hydrogens (tertiary/aromatic N) is 2. The number of hydrogen-bond acceptors (Lipinski definition) is 5. The lowest BCUT2D eigenvalue weighted by molar-refractivity contribution is -0.139. The van der Waals surface area contributed by atoms with Gasteiger partial charge in [0.2, 0.25) is 0 Å². The summed E-state index contributed by atoms with van der Waals surface area (Å²) in [6, 6.07) is 5.34. The molecule has 0 aliphatic carbocycles. The van der Waals surface area contributed by atoms with E-state index in [0.717, 1.165) is 12.1 Å². The van der Waals surface area contributed by atoms with Gasteiger partial charge in [-0.2, -0.15) is 23.7 Å². The lowest BCUT2D eigenvalue weighted by Crippen LogP contribution is -2.17. The van der Waals surface area contributed by atoms with E-state index in [1.807, 2.05) is 0 Å². The molecule has 0 spiro atoms. The van der Waals surface area contributed by atoms with Crippen molar-refractivity contribution < 1.29 is 26.7 Å². The third-order valence-corrected chi connectivity index (χ3v) is 3.41. The Morgan fingerprint density at radius 2 is 1.81 bits per heavy atom. The van der Waals surface area contributed by atoms with E-state index < -0.39 is 47.5 Å². The summed E-state index contributed by atoms with van der Waals surface area (Å²) in [7, 11) is 0. The minimum atomic E-state index is -4.90. The molecule has 0 amide bonds. The fraction of sp³-hybridized carbons (Fsp3) is 0.188. The molecule has 2 rings (SSSR count). The van der Waals surface area contributed by atoms with E-state index in [2.05, 4.69) is 9.72 Å². The summed E-state index contributed by atoms with van der Waals surface area (Å²) in [5.41, 5.74) is 1.80. The van der Waals surface area contributed by atoms with Crippen LogP contribution in [0.4, 0.5) is 27.8 Å². The number of anilines is 1. The molecule has 0 saturated carbocycles. The molecule has 0 bridgehead atoms. The van der Waals surface area contributed by atoms with Crippen molar-refractivity contribution in [1.29, 1.82) is 10.5 Å². The fourth-order valence-electron chi connectivity index (χ4n) is 2.32. The number of pyridine rings is 1. The molecule has 0 radical (unpaired) electrons. The topological polar surface area (TPSA) is 116 Å². The highest BCUT2D eigenvalue weighted by Crippen LogP contribution is 2.40. The van der Waals surface area contributed by atoms with Crippen molar-refractivity contribution in [2.24, 2.45) is 0 Å². The summed E-state index contributed by atoms with van der Waals surface area (Å²) in [5.74, 6) is -1.33. The summed E-state index contributed by atoms with van der Waals surface area (Å²) in [5, 5.41) is 18.4. The first-order valence-corrected chi connectivity index (χ1v) is 7.08. The Labute approximate surface area is 148 Å². The number of H-pyrrole nitrogens is 1. The van der Waals surface area contributed by atoms with Gasteiger partial charge in [-0.15, -0.1) is 0 Å². The van der Waals surface area contributed by atoms with Crippen LogP contribution in [-0.2, 0) is 6.18 Å².